The van der Waals surface area contributed by atoms with Gasteiger partial charge in [-0.2, -0.15) is 5.10 Å². The quantitative estimate of drug-likeness (QED) is 0.652. The molecule has 3 amide bonds. The van der Waals surface area contributed by atoms with Crippen molar-refractivity contribution in [2.24, 2.45) is 0 Å². The minimum absolute atomic E-state index is 0.0935. The zero-order chi connectivity index (χ0) is 24.6. The molecule has 3 aliphatic rings. The molecular formula is C26H33N5O4. The molecule has 35 heavy (non-hydrogen) atoms. The van der Waals surface area contributed by atoms with Crippen LogP contribution in [0.1, 0.15) is 69.5 Å². The molecule has 2 saturated heterocycles. The summed E-state index contributed by atoms with van der Waals surface area (Å²) in [7, 11) is 0. The molecule has 1 aromatic heterocycles. The number of carbonyl (C=O) groups is 3. The lowest BCUT2D eigenvalue weighted by atomic mass is 9.90. The van der Waals surface area contributed by atoms with E-state index < -0.39 is 0 Å². The fraction of sp³-hybridized carbons (Fsp3) is 0.538. The number of hydrogen-bond donors (Lipinski definition) is 2. The van der Waals surface area contributed by atoms with Crippen LogP contribution in [-0.4, -0.2) is 57.7 Å². The number of likely N-dealkylation sites (tertiary alicyclic amines) is 1. The molecule has 0 unspecified atom stereocenters. The summed E-state index contributed by atoms with van der Waals surface area (Å²) in [4.78, 5) is 40.5. The highest BCUT2D eigenvalue weighted by atomic mass is 16.6. The Labute approximate surface area is 205 Å². The molecule has 2 aromatic rings. The largest absolute Gasteiger partial charge is 0.446 e. The predicted molar refractivity (Wildman–Crippen MR) is 131 cm³/mol. The highest BCUT2D eigenvalue weighted by Crippen LogP contribution is 2.37. The zero-order valence-electron chi connectivity index (χ0n) is 20.4. The van der Waals surface area contributed by atoms with E-state index in [1.807, 2.05) is 30.3 Å². The van der Waals surface area contributed by atoms with Gasteiger partial charge in [0.2, 0.25) is 11.8 Å². The SMILES string of the molecule is CC1(C)CCN1C(=O)O[C@@H]1CC[C@H](c2cc(NC(=O)Cc3ccc(N4CCCC4=O)cc3)n[nH]2)C1. The van der Waals surface area contributed by atoms with E-state index in [4.69, 9.17) is 4.74 Å². The van der Waals surface area contributed by atoms with E-state index in [0.717, 1.165) is 62.1 Å². The van der Waals surface area contributed by atoms with Crippen LogP contribution in [0.3, 0.4) is 0 Å². The Hall–Kier alpha value is -3.36. The lowest BCUT2D eigenvalue weighted by Crippen LogP contribution is -2.58. The van der Waals surface area contributed by atoms with Crippen LogP contribution >= 0.6 is 0 Å². The molecule has 186 valence electrons. The van der Waals surface area contributed by atoms with E-state index in [1.54, 1.807) is 9.80 Å². The third-order valence-corrected chi connectivity index (χ3v) is 7.54. The number of ether oxygens (including phenoxy) is 1. The smallest absolute Gasteiger partial charge is 0.410 e. The maximum atomic E-state index is 12.5. The van der Waals surface area contributed by atoms with Crippen LogP contribution in [0.4, 0.5) is 16.3 Å². The van der Waals surface area contributed by atoms with E-state index in [0.29, 0.717) is 12.2 Å². The molecule has 0 radical (unpaired) electrons. The number of carbonyl (C=O) groups excluding carboxylic acids is 3. The molecule has 1 aliphatic carbocycles. The first kappa shape index (κ1) is 23.4. The summed E-state index contributed by atoms with van der Waals surface area (Å²) >= 11 is 0. The molecule has 1 saturated carbocycles. The Kier molecular flexibility index (Phi) is 6.25. The molecule has 2 N–H and O–H groups in total. The Morgan fingerprint density at radius 1 is 1.20 bits per heavy atom. The normalized spacial score (nSPS) is 23.3. The van der Waals surface area contributed by atoms with Crippen molar-refractivity contribution in [1.82, 2.24) is 15.1 Å². The second-order valence-electron chi connectivity index (χ2n) is 10.5. The van der Waals surface area contributed by atoms with Gasteiger partial charge >= 0.3 is 6.09 Å². The van der Waals surface area contributed by atoms with E-state index in [9.17, 15) is 14.4 Å². The summed E-state index contributed by atoms with van der Waals surface area (Å²) in [6.07, 6.45) is 4.88. The van der Waals surface area contributed by atoms with Crippen LogP contribution in [0.5, 0.6) is 0 Å². The monoisotopic (exact) mass is 479 g/mol. The van der Waals surface area contributed by atoms with E-state index >= 15 is 0 Å². The summed E-state index contributed by atoms with van der Waals surface area (Å²) < 4.78 is 5.75. The van der Waals surface area contributed by atoms with Crippen LogP contribution in [0.15, 0.2) is 30.3 Å². The lowest BCUT2D eigenvalue weighted by Gasteiger charge is -2.47. The maximum absolute atomic E-state index is 12.5. The number of H-pyrrole nitrogens is 1. The fourth-order valence-electron chi connectivity index (χ4n) is 5.24. The summed E-state index contributed by atoms with van der Waals surface area (Å²) in [5.41, 5.74) is 2.59. The third-order valence-electron chi connectivity index (χ3n) is 7.54. The van der Waals surface area contributed by atoms with Gasteiger partial charge in [-0.1, -0.05) is 12.1 Å². The number of amides is 3. The maximum Gasteiger partial charge on any atom is 0.410 e. The average molecular weight is 480 g/mol. The molecule has 2 aliphatic heterocycles. The molecule has 1 aromatic carbocycles. The van der Waals surface area contributed by atoms with Crippen LogP contribution in [-0.2, 0) is 20.7 Å². The first-order valence-electron chi connectivity index (χ1n) is 12.5. The first-order chi connectivity index (χ1) is 16.8. The van der Waals surface area contributed by atoms with Gasteiger partial charge in [0.25, 0.3) is 0 Å². The number of hydrogen-bond acceptors (Lipinski definition) is 5. The number of rotatable bonds is 6. The molecule has 5 rings (SSSR count). The minimum atomic E-state index is -0.218. The van der Waals surface area contributed by atoms with E-state index in [1.165, 1.54) is 0 Å². The van der Waals surface area contributed by atoms with Crippen molar-refractivity contribution in [2.75, 3.05) is 23.3 Å². The first-order valence-corrected chi connectivity index (χ1v) is 12.5. The summed E-state index contributed by atoms with van der Waals surface area (Å²) in [6, 6.07) is 9.43. The molecule has 9 nitrogen and oxygen atoms in total. The molecule has 0 spiro atoms. The van der Waals surface area contributed by atoms with Gasteiger partial charge in [0.15, 0.2) is 5.82 Å². The lowest BCUT2D eigenvalue weighted by molar-refractivity contribution is -0.117. The summed E-state index contributed by atoms with van der Waals surface area (Å²) in [5.74, 6) is 0.711. The third kappa shape index (κ3) is 5.04. The van der Waals surface area contributed by atoms with Crippen LogP contribution in [0.2, 0.25) is 0 Å². The number of nitrogens with one attached hydrogen (secondary N) is 2. The average Bonchev–Trinajstić information content (AvgIpc) is 3.55. The number of aromatic amines is 1. The zero-order valence-corrected chi connectivity index (χ0v) is 20.4. The van der Waals surface area contributed by atoms with Crippen molar-refractivity contribution in [2.45, 2.75) is 76.4 Å². The predicted octanol–water partition coefficient (Wildman–Crippen LogP) is 3.97. The van der Waals surface area contributed by atoms with Gasteiger partial charge in [-0.05, 0) is 63.6 Å². The standard InChI is InChI=1S/C26H33N5O4/c1-26(2)11-13-31(26)25(34)35-20-10-7-18(15-20)21-16-22(29-28-21)27-23(32)14-17-5-8-19(9-6-17)30-12-3-4-24(30)33/h5-6,8-9,16,18,20H,3-4,7,10-15H2,1-2H3,(H2,27,28,29,32)/t18-,20+/m0/s1. The van der Waals surface area contributed by atoms with Crippen molar-refractivity contribution >= 4 is 29.4 Å². The second kappa shape index (κ2) is 9.36. The molecule has 9 heteroatoms. The Bertz CT molecular complexity index is 1110. The highest BCUT2D eigenvalue weighted by molar-refractivity contribution is 5.95. The van der Waals surface area contributed by atoms with Gasteiger partial charge < -0.3 is 19.9 Å². The molecular weight excluding hydrogens is 446 g/mol. The van der Waals surface area contributed by atoms with E-state index in [2.05, 4.69) is 29.4 Å². The van der Waals surface area contributed by atoms with Gasteiger partial charge in [0, 0.05) is 48.4 Å². The van der Waals surface area contributed by atoms with Crippen LogP contribution in [0, 0.1) is 0 Å². The Morgan fingerprint density at radius 3 is 2.66 bits per heavy atom. The van der Waals surface area contributed by atoms with Gasteiger partial charge in [0.05, 0.1) is 6.42 Å². The van der Waals surface area contributed by atoms with Gasteiger partial charge in [-0.15, -0.1) is 0 Å². The van der Waals surface area contributed by atoms with Crippen molar-refractivity contribution < 1.29 is 19.1 Å². The van der Waals surface area contributed by atoms with Gasteiger partial charge in [-0.3, -0.25) is 14.7 Å². The number of benzene rings is 1. The van der Waals surface area contributed by atoms with Crippen molar-refractivity contribution in [3.8, 4) is 0 Å². The second-order valence-corrected chi connectivity index (χ2v) is 10.5. The molecule has 3 heterocycles. The molecule has 0 bridgehead atoms. The highest BCUT2D eigenvalue weighted by Gasteiger charge is 2.42. The topological polar surface area (TPSA) is 108 Å². The van der Waals surface area contributed by atoms with Gasteiger partial charge in [0.1, 0.15) is 6.10 Å². The fourth-order valence-corrected chi connectivity index (χ4v) is 5.24. The van der Waals surface area contributed by atoms with Crippen LogP contribution in [0.25, 0.3) is 0 Å². The molecule has 2 atom stereocenters. The number of aromatic nitrogens is 2. The number of anilines is 2. The van der Waals surface area contributed by atoms with Crippen molar-refractivity contribution in [3.63, 3.8) is 0 Å². The van der Waals surface area contributed by atoms with Crippen molar-refractivity contribution in [1.29, 1.82) is 0 Å². The summed E-state index contributed by atoms with van der Waals surface area (Å²) in [6.45, 7) is 5.62. The summed E-state index contributed by atoms with van der Waals surface area (Å²) in [5, 5.41) is 10.2. The Balaban J connectivity index is 1.10. The van der Waals surface area contributed by atoms with Gasteiger partial charge in [-0.25, -0.2) is 4.79 Å². The molecule has 3 fully saturated rings. The minimum Gasteiger partial charge on any atom is -0.446 e. The van der Waals surface area contributed by atoms with Crippen molar-refractivity contribution in [3.05, 3.63) is 41.6 Å². The number of nitrogens with zero attached hydrogens (tertiary/aromatic N) is 3. The van der Waals surface area contributed by atoms with E-state index in [-0.39, 0.29) is 41.9 Å². The van der Waals surface area contributed by atoms with Crippen LogP contribution < -0.4 is 10.2 Å². The Morgan fingerprint density at radius 2 is 2.00 bits per heavy atom.